The SMILES string of the molecule is COc1ccc(C(CNc2nc3sccn3c2[N+](=O)[O-])N(C)C)cc1. The van der Waals surface area contributed by atoms with Crippen LogP contribution in [0, 0.1) is 10.1 Å². The zero-order chi connectivity index (χ0) is 18.0. The molecule has 2 heterocycles. The molecule has 1 N–H and O–H groups in total. The fourth-order valence-corrected chi connectivity index (χ4v) is 3.39. The van der Waals surface area contributed by atoms with Crippen molar-refractivity contribution < 1.29 is 9.66 Å². The average molecular weight is 361 g/mol. The van der Waals surface area contributed by atoms with Crippen LogP contribution in [0.15, 0.2) is 35.8 Å². The topological polar surface area (TPSA) is 84.9 Å². The number of imidazole rings is 1. The quantitative estimate of drug-likeness (QED) is 0.514. The number of anilines is 1. The molecule has 0 aliphatic rings. The summed E-state index contributed by atoms with van der Waals surface area (Å²) < 4.78 is 6.68. The highest BCUT2D eigenvalue weighted by molar-refractivity contribution is 7.15. The number of benzene rings is 1. The number of aromatic nitrogens is 2. The summed E-state index contributed by atoms with van der Waals surface area (Å²) >= 11 is 1.36. The van der Waals surface area contributed by atoms with Gasteiger partial charge in [0.2, 0.25) is 5.82 Å². The van der Waals surface area contributed by atoms with E-state index in [-0.39, 0.29) is 17.7 Å². The van der Waals surface area contributed by atoms with E-state index >= 15 is 0 Å². The van der Waals surface area contributed by atoms with Crippen LogP contribution in [-0.4, -0.2) is 47.0 Å². The Kier molecular flexibility index (Phi) is 4.86. The maximum absolute atomic E-state index is 11.4. The summed E-state index contributed by atoms with van der Waals surface area (Å²) in [6.07, 6.45) is 1.66. The molecule has 0 aliphatic heterocycles. The minimum Gasteiger partial charge on any atom is -0.497 e. The summed E-state index contributed by atoms with van der Waals surface area (Å²) in [4.78, 5) is 18.0. The predicted octanol–water partition coefficient (Wildman–Crippen LogP) is 3.03. The third-order valence-corrected chi connectivity index (χ3v) is 4.75. The fourth-order valence-electron chi connectivity index (χ4n) is 2.68. The number of hydrogen-bond donors (Lipinski definition) is 1. The van der Waals surface area contributed by atoms with Crippen molar-refractivity contribution in [3.8, 4) is 5.75 Å². The number of likely N-dealkylation sites (N-methyl/N-ethyl adjacent to an activating group) is 1. The van der Waals surface area contributed by atoms with E-state index in [2.05, 4.69) is 15.2 Å². The summed E-state index contributed by atoms with van der Waals surface area (Å²) in [5.41, 5.74) is 1.09. The van der Waals surface area contributed by atoms with Crippen molar-refractivity contribution in [2.75, 3.05) is 33.1 Å². The van der Waals surface area contributed by atoms with Crippen LogP contribution < -0.4 is 10.1 Å². The van der Waals surface area contributed by atoms with Crippen molar-refractivity contribution in [3.05, 3.63) is 51.5 Å². The molecule has 0 radical (unpaired) electrons. The van der Waals surface area contributed by atoms with Gasteiger partial charge in [0.05, 0.1) is 13.2 Å². The molecule has 1 unspecified atom stereocenters. The maximum atomic E-state index is 11.4. The third-order valence-electron chi connectivity index (χ3n) is 4.00. The van der Waals surface area contributed by atoms with Crippen molar-refractivity contribution in [1.29, 1.82) is 0 Å². The standard InChI is InChI=1S/C16H19N5O3S/c1-19(2)13(11-4-6-12(24-3)7-5-11)10-17-14-15(21(22)23)20-8-9-25-16(20)18-14/h4-9,13,17H,10H2,1-3H3. The third kappa shape index (κ3) is 3.42. The van der Waals surface area contributed by atoms with Crippen molar-refractivity contribution in [1.82, 2.24) is 14.3 Å². The molecule has 1 aromatic carbocycles. The summed E-state index contributed by atoms with van der Waals surface area (Å²) in [5, 5.41) is 16.3. The molecule has 0 saturated heterocycles. The zero-order valence-electron chi connectivity index (χ0n) is 14.2. The van der Waals surface area contributed by atoms with Gasteiger partial charge in [-0.05, 0) is 36.7 Å². The molecular weight excluding hydrogens is 342 g/mol. The van der Waals surface area contributed by atoms with Crippen LogP contribution in [0.2, 0.25) is 0 Å². The number of methoxy groups -OCH3 is 1. The van der Waals surface area contributed by atoms with Crippen LogP contribution in [-0.2, 0) is 0 Å². The number of ether oxygens (including phenoxy) is 1. The molecule has 0 fully saturated rings. The molecule has 1 atom stereocenters. The fraction of sp³-hybridized carbons (Fsp3) is 0.312. The van der Waals surface area contributed by atoms with Gasteiger partial charge < -0.3 is 25.1 Å². The molecule has 3 aromatic rings. The van der Waals surface area contributed by atoms with E-state index in [0.29, 0.717) is 11.5 Å². The Balaban J connectivity index is 1.83. The molecule has 3 rings (SSSR count). The smallest absolute Gasteiger partial charge is 0.372 e. The molecule has 0 spiro atoms. The molecule has 132 valence electrons. The molecule has 8 nitrogen and oxygen atoms in total. The summed E-state index contributed by atoms with van der Waals surface area (Å²) in [7, 11) is 5.57. The number of fused-ring (bicyclic) bond motifs is 1. The molecule has 0 amide bonds. The van der Waals surface area contributed by atoms with Gasteiger partial charge in [0.1, 0.15) is 11.9 Å². The van der Waals surface area contributed by atoms with Crippen LogP contribution in [0.3, 0.4) is 0 Å². The Morgan fingerprint density at radius 1 is 1.40 bits per heavy atom. The summed E-state index contributed by atoms with van der Waals surface area (Å²) in [6, 6.07) is 7.82. The van der Waals surface area contributed by atoms with Gasteiger partial charge in [-0.2, -0.15) is 9.38 Å². The van der Waals surface area contributed by atoms with E-state index < -0.39 is 4.92 Å². The minimum atomic E-state index is -0.410. The first kappa shape index (κ1) is 17.2. The molecule has 9 heteroatoms. The maximum Gasteiger partial charge on any atom is 0.372 e. The van der Waals surface area contributed by atoms with Crippen LogP contribution >= 0.6 is 11.3 Å². The van der Waals surface area contributed by atoms with Gasteiger partial charge >= 0.3 is 5.82 Å². The Bertz CT molecular complexity index is 872. The molecule has 0 saturated carbocycles. The number of thiazole rings is 1. The van der Waals surface area contributed by atoms with Gasteiger partial charge in [-0.3, -0.25) is 0 Å². The lowest BCUT2D eigenvalue weighted by Gasteiger charge is -2.25. The van der Waals surface area contributed by atoms with Crippen molar-refractivity contribution >= 4 is 27.9 Å². The van der Waals surface area contributed by atoms with E-state index in [1.807, 2.05) is 38.4 Å². The van der Waals surface area contributed by atoms with E-state index in [0.717, 1.165) is 11.3 Å². The van der Waals surface area contributed by atoms with Gasteiger partial charge in [-0.1, -0.05) is 23.5 Å². The van der Waals surface area contributed by atoms with Crippen LogP contribution in [0.25, 0.3) is 4.96 Å². The first-order valence-corrected chi connectivity index (χ1v) is 8.53. The normalized spacial score (nSPS) is 12.5. The highest BCUT2D eigenvalue weighted by Gasteiger charge is 2.24. The van der Waals surface area contributed by atoms with Gasteiger partial charge in [0, 0.05) is 11.9 Å². The van der Waals surface area contributed by atoms with Crippen LogP contribution in [0.5, 0.6) is 5.75 Å². The van der Waals surface area contributed by atoms with Crippen molar-refractivity contribution in [2.24, 2.45) is 0 Å². The largest absolute Gasteiger partial charge is 0.497 e. The van der Waals surface area contributed by atoms with Crippen LogP contribution in [0.1, 0.15) is 11.6 Å². The van der Waals surface area contributed by atoms with Crippen molar-refractivity contribution in [2.45, 2.75) is 6.04 Å². The molecule has 0 bridgehead atoms. The molecular formula is C16H19N5O3S. The monoisotopic (exact) mass is 361 g/mol. The number of rotatable bonds is 7. The Morgan fingerprint density at radius 3 is 2.72 bits per heavy atom. The van der Waals surface area contributed by atoms with Gasteiger partial charge in [-0.25, -0.2) is 0 Å². The van der Waals surface area contributed by atoms with Gasteiger partial charge in [-0.15, -0.1) is 0 Å². The number of nitro groups is 1. The average Bonchev–Trinajstić information content (AvgIpc) is 3.15. The van der Waals surface area contributed by atoms with E-state index in [1.54, 1.807) is 18.7 Å². The summed E-state index contributed by atoms with van der Waals surface area (Å²) in [5.74, 6) is 1.04. The van der Waals surface area contributed by atoms with Gasteiger partial charge in [0.15, 0.2) is 0 Å². The Hall–Kier alpha value is -2.65. The zero-order valence-corrected chi connectivity index (χ0v) is 15.0. The second kappa shape index (κ2) is 7.08. The van der Waals surface area contributed by atoms with E-state index in [9.17, 15) is 10.1 Å². The highest BCUT2D eigenvalue weighted by atomic mass is 32.1. The first-order chi connectivity index (χ1) is 12.0. The highest BCUT2D eigenvalue weighted by Crippen LogP contribution is 2.29. The Labute approximate surface area is 148 Å². The van der Waals surface area contributed by atoms with Crippen molar-refractivity contribution in [3.63, 3.8) is 0 Å². The second-order valence-corrected chi connectivity index (χ2v) is 6.60. The number of nitrogens with one attached hydrogen (secondary N) is 1. The lowest BCUT2D eigenvalue weighted by Crippen LogP contribution is -2.27. The molecule has 2 aromatic heterocycles. The lowest BCUT2D eigenvalue weighted by atomic mass is 10.1. The van der Waals surface area contributed by atoms with E-state index in [1.165, 1.54) is 15.7 Å². The first-order valence-electron chi connectivity index (χ1n) is 7.65. The number of nitrogens with zero attached hydrogens (tertiary/aromatic N) is 4. The van der Waals surface area contributed by atoms with E-state index in [4.69, 9.17) is 4.74 Å². The Morgan fingerprint density at radius 2 is 2.12 bits per heavy atom. The summed E-state index contributed by atoms with van der Waals surface area (Å²) in [6.45, 7) is 0.491. The molecule has 25 heavy (non-hydrogen) atoms. The lowest BCUT2D eigenvalue weighted by molar-refractivity contribution is -0.389. The number of hydrogen-bond acceptors (Lipinski definition) is 7. The predicted molar refractivity (Wildman–Crippen MR) is 97.6 cm³/mol. The minimum absolute atomic E-state index is 0.0326. The second-order valence-electron chi connectivity index (χ2n) is 5.73. The molecule has 0 aliphatic carbocycles. The van der Waals surface area contributed by atoms with Gasteiger partial charge in [0.25, 0.3) is 4.96 Å². The van der Waals surface area contributed by atoms with Crippen LogP contribution in [0.4, 0.5) is 11.6 Å².